The van der Waals surface area contributed by atoms with Gasteiger partial charge < -0.3 is 20.3 Å². The van der Waals surface area contributed by atoms with Crippen molar-refractivity contribution in [3.8, 4) is 0 Å². The number of nitrogens with zero attached hydrogens (tertiary/aromatic N) is 2. The van der Waals surface area contributed by atoms with Crippen LogP contribution in [0, 0.1) is 11.6 Å². The Kier molecular flexibility index (Phi) is 5.66. The normalized spacial score (nSPS) is 16.5. The van der Waals surface area contributed by atoms with Crippen molar-refractivity contribution < 1.29 is 23.5 Å². The van der Waals surface area contributed by atoms with Gasteiger partial charge in [0.15, 0.2) is 11.6 Å². The highest BCUT2D eigenvalue weighted by molar-refractivity contribution is 5.83. The molecule has 0 fully saturated rings. The molecule has 0 radical (unpaired) electrons. The van der Waals surface area contributed by atoms with Gasteiger partial charge >= 0.3 is 12.0 Å². The van der Waals surface area contributed by atoms with Gasteiger partial charge in [0.25, 0.3) is 0 Å². The molecule has 2 amide bonds. The Balaban J connectivity index is 1.64. The molecule has 0 saturated heterocycles. The van der Waals surface area contributed by atoms with E-state index in [1.54, 1.807) is 24.3 Å². The SMILES string of the molecule is O=C(O)[C@H](Cc1ccccc1)NC(=O)N1CCc2[nH]cnc2C1c1cccc(F)c1F. The minimum absolute atomic E-state index is 0.0434. The van der Waals surface area contributed by atoms with Crippen LogP contribution in [0.25, 0.3) is 0 Å². The number of fused-ring (bicyclic) bond motifs is 1. The molecule has 3 aromatic rings. The average molecular weight is 426 g/mol. The number of hydrogen-bond donors (Lipinski definition) is 3. The van der Waals surface area contributed by atoms with Gasteiger partial charge in [-0.3, -0.25) is 0 Å². The standard InChI is InChI=1S/C22H20F2N4O3/c23-15-8-4-7-14(18(15)24)20-19-16(25-12-26-19)9-10-28(20)22(31)27-17(21(29)30)11-13-5-2-1-3-6-13/h1-8,12,17,20H,9-11H2,(H,25,26)(H,27,31)(H,29,30)/t17-,20?/m0/s1. The quantitative estimate of drug-likeness (QED) is 0.584. The van der Waals surface area contributed by atoms with Gasteiger partial charge in [0.05, 0.1) is 12.0 Å². The lowest BCUT2D eigenvalue weighted by Crippen LogP contribution is -2.52. The fourth-order valence-electron chi connectivity index (χ4n) is 3.82. The molecule has 9 heteroatoms. The Labute approximate surface area is 176 Å². The summed E-state index contributed by atoms with van der Waals surface area (Å²) < 4.78 is 28.6. The molecule has 1 unspecified atom stereocenters. The second-order valence-electron chi connectivity index (χ2n) is 7.29. The Bertz CT molecular complexity index is 1100. The van der Waals surface area contributed by atoms with Crippen LogP contribution in [0.1, 0.15) is 28.6 Å². The summed E-state index contributed by atoms with van der Waals surface area (Å²) in [5.41, 5.74) is 1.83. The van der Waals surface area contributed by atoms with Crippen LogP contribution in [0.15, 0.2) is 54.9 Å². The van der Waals surface area contributed by atoms with E-state index >= 15 is 0 Å². The molecule has 0 aliphatic carbocycles. The molecule has 4 rings (SSSR count). The number of aromatic amines is 1. The first-order chi connectivity index (χ1) is 15.0. The van der Waals surface area contributed by atoms with E-state index in [0.717, 1.165) is 17.3 Å². The van der Waals surface area contributed by atoms with Crippen LogP contribution in [0.4, 0.5) is 13.6 Å². The molecule has 0 saturated carbocycles. The number of imidazole rings is 1. The van der Waals surface area contributed by atoms with Crippen molar-refractivity contribution in [1.82, 2.24) is 20.2 Å². The van der Waals surface area contributed by atoms with E-state index in [1.165, 1.54) is 23.4 Å². The van der Waals surface area contributed by atoms with E-state index in [9.17, 15) is 23.5 Å². The zero-order valence-corrected chi connectivity index (χ0v) is 16.4. The molecule has 0 spiro atoms. The fourth-order valence-corrected chi connectivity index (χ4v) is 3.82. The van der Waals surface area contributed by atoms with Crippen molar-refractivity contribution in [3.05, 3.63) is 89.0 Å². The fraction of sp³-hybridized carbons (Fsp3) is 0.227. The number of aliphatic carboxylic acids is 1. The predicted octanol–water partition coefficient (Wildman–Crippen LogP) is 3.04. The van der Waals surface area contributed by atoms with Gasteiger partial charge in [0.1, 0.15) is 12.1 Å². The van der Waals surface area contributed by atoms with E-state index in [4.69, 9.17) is 0 Å². The molecule has 7 nitrogen and oxygen atoms in total. The molecule has 2 heterocycles. The Morgan fingerprint density at radius 1 is 1.19 bits per heavy atom. The first kappa shape index (κ1) is 20.5. The van der Waals surface area contributed by atoms with Crippen LogP contribution in [-0.2, 0) is 17.6 Å². The summed E-state index contributed by atoms with van der Waals surface area (Å²) in [5.74, 6) is -3.30. The van der Waals surface area contributed by atoms with Gasteiger partial charge in [-0.05, 0) is 11.6 Å². The Hall–Kier alpha value is -3.75. The largest absolute Gasteiger partial charge is 0.480 e. The van der Waals surface area contributed by atoms with Crippen LogP contribution < -0.4 is 5.32 Å². The van der Waals surface area contributed by atoms with Crippen LogP contribution >= 0.6 is 0 Å². The smallest absolute Gasteiger partial charge is 0.326 e. The van der Waals surface area contributed by atoms with E-state index < -0.39 is 35.7 Å². The first-order valence-electron chi connectivity index (χ1n) is 9.75. The number of carbonyl (C=O) groups is 2. The maximum atomic E-state index is 14.6. The van der Waals surface area contributed by atoms with Gasteiger partial charge in [-0.1, -0.05) is 42.5 Å². The molecular weight excluding hydrogens is 406 g/mol. The zero-order valence-electron chi connectivity index (χ0n) is 16.4. The minimum Gasteiger partial charge on any atom is -0.480 e. The number of carbonyl (C=O) groups excluding carboxylic acids is 1. The highest BCUT2D eigenvalue weighted by atomic mass is 19.2. The van der Waals surface area contributed by atoms with Gasteiger partial charge in [-0.25, -0.2) is 23.4 Å². The number of halogens is 2. The molecule has 2 atom stereocenters. The molecule has 1 aromatic heterocycles. The summed E-state index contributed by atoms with van der Waals surface area (Å²) in [6.45, 7) is 0.180. The molecular formula is C22H20F2N4O3. The number of carboxylic acids is 1. The third-order valence-corrected chi connectivity index (χ3v) is 5.34. The highest BCUT2D eigenvalue weighted by Crippen LogP contribution is 2.35. The summed E-state index contributed by atoms with van der Waals surface area (Å²) in [6, 6.07) is 9.80. The molecule has 1 aliphatic rings. The Morgan fingerprint density at radius 2 is 1.97 bits per heavy atom. The maximum Gasteiger partial charge on any atom is 0.326 e. The summed E-state index contributed by atoms with van der Waals surface area (Å²) in [5, 5.41) is 12.1. The number of H-pyrrole nitrogens is 1. The number of benzene rings is 2. The van der Waals surface area contributed by atoms with Crippen LogP contribution in [0.2, 0.25) is 0 Å². The summed E-state index contributed by atoms with van der Waals surface area (Å²) in [6.07, 6.45) is 1.95. The number of aromatic nitrogens is 2. The monoisotopic (exact) mass is 426 g/mol. The summed E-state index contributed by atoms with van der Waals surface area (Å²) in [7, 11) is 0. The number of hydrogen-bond acceptors (Lipinski definition) is 3. The molecule has 0 bridgehead atoms. The van der Waals surface area contributed by atoms with Crippen molar-refractivity contribution in [2.45, 2.75) is 24.9 Å². The minimum atomic E-state index is -1.19. The van der Waals surface area contributed by atoms with Crippen molar-refractivity contribution in [1.29, 1.82) is 0 Å². The topological polar surface area (TPSA) is 98.3 Å². The van der Waals surface area contributed by atoms with Crippen LogP contribution in [0.3, 0.4) is 0 Å². The molecule has 2 aromatic carbocycles. The molecule has 160 valence electrons. The molecule has 1 aliphatic heterocycles. The van der Waals surface area contributed by atoms with Gasteiger partial charge in [0, 0.05) is 30.6 Å². The van der Waals surface area contributed by atoms with Gasteiger partial charge in [-0.2, -0.15) is 0 Å². The molecule has 3 N–H and O–H groups in total. The lowest BCUT2D eigenvalue weighted by atomic mass is 9.95. The Morgan fingerprint density at radius 3 is 2.71 bits per heavy atom. The number of amides is 2. The van der Waals surface area contributed by atoms with Crippen molar-refractivity contribution >= 4 is 12.0 Å². The first-order valence-corrected chi connectivity index (χ1v) is 9.75. The van der Waals surface area contributed by atoms with Crippen molar-refractivity contribution in [2.75, 3.05) is 6.54 Å². The lowest BCUT2D eigenvalue weighted by molar-refractivity contribution is -0.139. The van der Waals surface area contributed by atoms with E-state index in [0.29, 0.717) is 12.1 Å². The lowest BCUT2D eigenvalue weighted by Gasteiger charge is -2.36. The number of rotatable bonds is 5. The summed E-state index contributed by atoms with van der Waals surface area (Å²) in [4.78, 5) is 33.4. The van der Waals surface area contributed by atoms with E-state index in [2.05, 4.69) is 15.3 Å². The zero-order chi connectivity index (χ0) is 22.0. The third kappa shape index (κ3) is 4.11. The number of urea groups is 1. The van der Waals surface area contributed by atoms with Crippen LogP contribution in [0.5, 0.6) is 0 Å². The predicted molar refractivity (Wildman–Crippen MR) is 107 cm³/mol. The van der Waals surface area contributed by atoms with Crippen molar-refractivity contribution in [3.63, 3.8) is 0 Å². The third-order valence-electron chi connectivity index (χ3n) is 5.34. The van der Waals surface area contributed by atoms with E-state index in [-0.39, 0.29) is 18.5 Å². The van der Waals surface area contributed by atoms with Gasteiger partial charge in [0.2, 0.25) is 0 Å². The number of nitrogens with one attached hydrogen (secondary N) is 2. The maximum absolute atomic E-state index is 14.6. The second-order valence-corrected chi connectivity index (χ2v) is 7.29. The highest BCUT2D eigenvalue weighted by Gasteiger charge is 2.37. The van der Waals surface area contributed by atoms with Crippen LogP contribution in [-0.4, -0.2) is 44.6 Å². The number of carboxylic acid groups (broad SMARTS) is 1. The summed E-state index contributed by atoms with van der Waals surface area (Å²) >= 11 is 0. The average Bonchev–Trinajstić information content (AvgIpc) is 3.24. The van der Waals surface area contributed by atoms with E-state index in [1.807, 2.05) is 6.07 Å². The molecule has 31 heavy (non-hydrogen) atoms. The van der Waals surface area contributed by atoms with Gasteiger partial charge in [-0.15, -0.1) is 0 Å². The second kappa shape index (κ2) is 8.55. The van der Waals surface area contributed by atoms with Crippen molar-refractivity contribution in [2.24, 2.45) is 0 Å².